The molecule has 4 atom stereocenters. The third-order valence-electron chi connectivity index (χ3n) is 2.25. The maximum atomic E-state index is 10.6. The topological polar surface area (TPSA) is 118 Å². The fourth-order valence-electron chi connectivity index (χ4n) is 1.33. The Balaban J connectivity index is 3.02. The quantitative estimate of drug-likeness (QED) is 0.315. The Morgan fingerprint density at radius 1 is 1.43 bits per heavy atom. The second-order valence-corrected chi connectivity index (χ2v) is 3.68. The molecule has 0 amide bonds. The maximum Gasteiger partial charge on any atom is 0.341 e. The lowest BCUT2D eigenvalue weighted by molar-refractivity contribution is -0.160. The molecule has 0 spiro atoms. The van der Waals surface area contributed by atoms with Crippen molar-refractivity contribution >= 4 is 23.1 Å². The van der Waals surface area contributed by atoms with Gasteiger partial charge in [0.15, 0.2) is 5.60 Å². The Bertz CT molecular complexity index is 279. The zero-order chi connectivity index (χ0) is 11.1. The van der Waals surface area contributed by atoms with Gasteiger partial charge in [0.1, 0.15) is 12.2 Å². The van der Waals surface area contributed by atoms with Gasteiger partial charge in [-0.15, -0.1) is 0 Å². The van der Waals surface area contributed by atoms with Crippen LogP contribution in [0.25, 0.3) is 0 Å². The molecule has 1 rings (SSSR count). The molecule has 0 aromatic rings. The summed E-state index contributed by atoms with van der Waals surface area (Å²) in [5.74, 6) is -1.65. The van der Waals surface area contributed by atoms with Gasteiger partial charge in [0.2, 0.25) is 0 Å². The molecule has 1 aliphatic rings. The SMILES string of the molecule is O=C(O)C1(O)CC(O)C(O)C(O)C1=S. The van der Waals surface area contributed by atoms with Crippen LogP contribution in [0.1, 0.15) is 6.42 Å². The molecular weight excluding hydrogens is 212 g/mol. The first-order valence-electron chi connectivity index (χ1n) is 3.85. The normalized spacial score (nSPS) is 43.7. The van der Waals surface area contributed by atoms with E-state index in [1.807, 2.05) is 0 Å². The van der Waals surface area contributed by atoms with E-state index >= 15 is 0 Å². The minimum absolute atomic E-state index is 0.581. The predicted molar refractivity (Wildman–Crippen MR) is 47.8 cm³/mol. The molecule has 1 saturated carbocycles. The first kappa shape index (κ1) is 11.5. The van der Waals surface area contributed by atoms with Crippen molar-refractivity contribution in [3.8, 4) is 0 Å². The number of carboxylic acid groups (broad SMARTS) is 1. The van der Waals surface area contributed by atoms with Gasteiger partial charge in [-0.2, -0.15) is 0 Å². The van der Waals surface area contributed by atoms with Crippen LogP contribution in [-0.4, -0.2) is 60.3 Å². The van der Waals surface area contributed by atoms with Gasteiger partial charge in [-0.25, -0.2) is 4.79 Å². The average Bonchev–Trinajstić information content (AvgIpc) is 2.11. The van der Waals surface area contributed by atoms with Gasteiger partial charge in [0.05, 0.1) is 11.0 Å². The Kier molecular flexibility index (Phi) is 2.88. The number of carboxylic acids is 1. The second-order valence-electron chi connectivity index (χ2n) is 3.24. The molecule has 7 heteroatoms. The lowest BCUT2D eigenvalue weighted by atomic mass is 9.79. The van der Waals surface area contributed by atoms with Crippen molar-refractivity contribution in [3.63, 3.8) is 0 Å². The summed E-state index contributed by atoms with van der Waals surface area (Å²) in [6.07, 6.45) is -5.41. The van der Waals surface area contributed by atoms with Crippen LogP contribution < -0.4 is 0 Å². The fraction of sp³-hybridized carbons (Fsp3) is 0.714. The molecule has 0 heterocycles. The highest BCUT2D eigenvalue weighted by Crippen LogP contribution is 2.27. The fourth-order valence-corrected chi connectivity index (χ4v) is 1.64. The third-order valence-corrected chi connectivity index (χ3v) is 2.83. The van der Waals surface area contributed by atoms with E-state index < -0.39 is 41.2 Å². The van der Waals surface area contributed by atoms with E-state index in [1.54, 1.807) is 0 Å². The van der Waals surface area contributed by atoms with Crippen LogP contribution in [0.2, 0.25) is 0 Å². The molecule has 0 aliphatic heterocycles. The number of hydrogen-bond acceptors (Lipinski definition) is 6. The lowest BCUT2D eigenvalue weighted by Gasteiger charge is -2.38. The van der Waals surface area contributed by atoms with E-state index in [2.05, 4.69) is 12.2 Å². The maximum absolute atomic E-state index is 10.6. The van der Waals surface area contributed by atoms with Crippen molar-refractivity contribution in [2.75, 3.05) is 0 Å². The Morgan fingerprint density at radius 2 is 1.93 bits per heavy atom. The third kappa shape index (κ3) is 1.53. The Labute approximate surface area is 84.4 Å². The number of thiocarbonyl (C=S) groups is 1. The smallest absolute Gasteiger partial charge is 0.341 e. The summed E-state index contributed by atoms with van der Waals surface area (Å²) < 4.78 is 0. The molecule has 1 fully saturated rings. The molecule has 0 saturated heterocycles. The van der Waals surface area contributed by atoms with E-state index in [4.69, 9.17) is 15.3 Å². The molecule has 6 nitrogen and oxygen atoms in total. The van der Waals surface area contributed by atoms with Crippen LogP contribution in [-0.2, 0) is 4.79 Å². The highest BCUT2D eigenvalue weighted by Gasteiger charge is 2.52. The zero-order valence-electron chi connectivity index (χ0n) is 6.99. The van der Waals surface area contributed by atoms with Crippen LogP contribution in [0, 0.1) is 0 Å². The van der Waals surface area contributed by atoms with E-state index in [1.165, 1.54) is 0 Å². The van der Waals surface area contributed by atoms with E-state index in [0.717, 1.165) is 0 Å². The van der Waals surface area contributed by atoms with Crippen molar-refractivity contribution in [3.05, 3.63) is 0 Å². The average molecular weight is 222 g/mol. The van der Waals surface area contributed by atoms with Crippen molar-refractivity contribution < 1.29 is 30.3 Å². The van der Waals surface area contributed by atoms with Crippen LogP contribution in [0.5, 0.6) is 0 Å². The summed E-state index contributed by atoms with van der Waals surface area (Å²) in [6.45, 7) is 0. The molecule has 0 aromatic heterocycles. The number of hydrogen-bond donors (Lipinski definition) is 5. The first-order chi connectivity index (χ1) is 6.30. The molecule has 0 bridgehead atoms. The largest absolute Gasteiger partial charge is 0.479 e. The van der Waals surface area contributed by atoms with Gasteiger partial charge in [0, 0.05) is 6.42 Å². The van der Waals surface area contributed by atoms with Gasteiger partial charge in [-0.05, 0) is 0 Å². The van der Waals surface area contributed by atoms with Crippen LogP contribution in [0.3, 0.4) is 0 Å². The Morgan fingerprint density at radius 3 is 2.36 bits per heavy atom. The van der Waals surface area contributed by atoms with Crippen LogP contribution in [0.15, 0.2) is 0 Å². The number of aliphatic hydroxyl groups excluding tert-OH is 3. The summed E-state index contributed by atoms with van der Waals surface area (Å²) in [6, 6.07) is 0. The van der Waals surface area contributed by atoms with Crippen molar-refractivity contribution in [2.24, 2.45) is 0 Å². The van der Waals surface area contributed by atoms with E-state index in [0.29, 0.717) is 0 Å². The van der Waals surface area contributed by atoms with Crippen molar-refractivity contribution in [2.45, 2.75) is 30.3 Å². The number of rotatable bonds is 1. The van der Waals surface area contributed by atoms with Gasteiger partial charge < -0.3 is 25.5 Å². The van der Waals surface area contributed by atoms with Gasteiger partial charge in [0.25, 0.3) is 0 Å². The molecular formula is C7H10O6S. The van der Waals surface area contributed by atoms with Crippen LogP contribution in [0.4, 0.5) is 0 Å². The highest BCUT2D eigenvalue weighted by atomic mass is 32.1. The molecule has 4 unspecified atom stereocenters. The summed E-state index contributed by atoms with van der Waals surface area (Å²) in [7, 11) is 0. The number of aliphatic carboxylic acids is 1. The summed E-state index contributed by atoms with van der Waals surface area (Å²) in [5.41, 5.74) is -2.45. The molecule has 14 heavy (non-hydrogen) atoms. The highest BCUT2D eigenvalue weighted by molar-refractivity contribution is 7.80. The van der Waals surface area contributed by atoms with Gasteiger partial charge in [-0.1, -0.05) is 12.2 Å². The summed E-state index contributed by atoms with van der Waals surface area (Å²) in [4.78, 5) is 10.1. The zero-order valence-corrected chi connectivity index (χ0v) is 7.81. The molecule has 80 valence electrons. The van der Waals surface area contributed by atoms with Gasteiger partial charge in [-0.3, -0.25) is 0 Å². The number of aliphatic hydroxyl groups is 4. The first-order valence-corrected chi connectivity index (χ1v) is 4.26. The minimum atomic E-state index is -2.45. The second kappa shape index (κ2) is 3.52. The summed E-state index contributed by atoms with van der Waals surface area (Å²) in [5, 5.41) is 45.7. The minimum Gasteiger partial charge on any atom is -0.479 e. The summed E-state index contributed by atoms with van der Waals surface area (Å²) >= 11 is 4.52. The molecule has 5 N–H and O–H groups in total. The van der Waals surface area contributed by atoms with Crippen molar-refractivity contribution in [1.29, 1.82) is 0 Å². The lowest BCUT2D eigenvalue weighted by Crippen LogP contribution is -2.62. The monoisotopic (exact) mass is 222 g/mol. The van der Waals surface area contributed by atoms with Crippen molar-refractivity contribution in [1.82, 2.24) is 0 Å². The number of carbonyl (C=O) groups is 1. The molecule has 0 aromatic carbocycles. The van der Waals surface area contributed by atoms with E-state index in [9.17, 15) is 15.0 Å². The molecule has 0 radical (unpaired) electrons. The Hall–Kier alpha value is -0.600. The molecule has 1 aliphatic carbocycles. The van der Waals surface area contributed by atoms with Gasteiger partial charge >= 0.3 is 5.97 Å². The predicted octanol–water partition coefficient (Wildman–Crippen LogP) is -2.34. The standard InChI is InChI=1S/C7H10O6S/c8-2-1-7(13,6(11)12)5(14)4(10)3(2)9/h2-4,8-10,13H,1H2,(H,11,12). The van der Waals surface area contributed by atoms with E-state index in [-0.39, 0.29) is 0 Å². The van der Waals surface area contributed by atoms with Crippen LogP contribution >= 0.6 is 12.2 Å².